The van der Waals surface area contributed by atoms with Crippen LogP contribution in [-0.2, 0) is 0 Å². The molecule has 3 aromatic heterocycles. The molecule has 0 saturated heterocycles. The first-order valence-electron chi connectivity index (χ1n) is 4.59. The van der Waals surface area contributed by atoms with E-state index in [9.17, 15) is 0 Å². The van der Waals surface area contributed by atoms with Crippen LogP contribution < -0.4 is 0 Å². The number of hydrogen-bond donors (Lipinski definition) is 0. The van der Waals surface area contributed by atoms with E-state index in [4.69, 9.17) is 8.94 Å². The Morgan fingerprint density at radius 2 is 2.25 bits per heavy atom. The molecule has 3 heterocycles. The minimum absolute atomic E-state index is 0.400. The van der Waals surface area contributed by atoms with Gasteiger partial charge in [-0.05, 0) is 35.0 Å². The monoisotopic (exact) mass is 279 g/mol. The van der Waals surface area contributed by atoms with Crippen molar-refractivity contribution in [1.82, 2.24) is 15.1 Å². The number of fused-ring (bicyclic) bond motifs is 1. The molecule has 0 N–H and O–H groups in total. The summed E-state index contributed by atoms with van der Waals surface area (Å²) in [6, 6.07) is 3.63. The maximum Gasteiger partial charge on any atom is 0.252 e. The Hall–Kier alpha value is -1.69. The lowest BCUT2D eigenvalue weighted by Gasteiger charge is -1.86. The Balaban J connectivity index is 2.23. The molecule has 80 valence electrons. The highest BCUT2D eigenvalue weighted by atomic mass is 79.9. The Morgan fingerprint density at radius 1 is 1.38 bits per heavy atom. The number of oxazole rings is 1. The smallest absolute Gasteiger partial charge is 0.252 e. The summed E-state index contributed by atoms with van der Waals surface area (Å²) < 4.78 is 11.3. The lowest BCUT2D eigenvalue weighted by atomic mass is 10.4. The highest BCUT2D eigenvalue weighted by Gasteiger charge is 2.17. The summed E-state index contributed by atoms with van der Waals surface area (Å²) >= 11 is 3.37. The maximum absolute atomic E-state index is 5.47. The van der Waals surface area contributed by atoms with E-state index in [-0.39, 0.29) is 0 Å². The van der Waals surface area contributed by atoms with Crippen molar-refractivity contribution in [2.75, 3.05) is 0 Å². The second-order valence-corrected chi connectivity index (χ2v) is 4.04. The SMILES string of the molecule is Cc1onc(-c2nc3cccnc3o2)c1Br. The van der Waals surface area contributed by atoms with Crippen molar-refractivity contribution < 1.29 is 8.94 Å². The Labute approximate surface area is 98.6 Å². The highest BCUT2D eigenvalue weighted by molar-refractivity contribution is 9.10. The predicted octanol–water partition coefficient (Wildman–Crippen LogP) is 2.95. The molecule has 0 bridgehead atoms. The third kappa shape index (κ3) is 1.34. The molecule has 0 radical (unpaired) electrons. The zero-order valence-corrected chi connectivity index (χ0v) is 9.85. The predicted molar refractivity (Wildman–Crippen MR) is 59.7 cm³/mol. The zero-order valence-electron chi connectivity index (χ0n) is 8.27. The lowest BCUT2D eigenvalue weighted by Crippen LogP contribution is -1.77. The van der Waals surface area contributed by atoms with Gasteiger partial charge >= 0.3 is 0 Å². The summed E-state index contributed by atoms with van der Waals surface area (Å²) in [5.41, 5.74) is 1.74. The largest absolute Gasteiger partial charge is 0.416 e. The number of hydrogen-bond acceptors (Lipinski definition) is 5. The van der Waals surface area contributed by atoms with Crippen LogP contribution in [0.2, 0.25) is 0 Å². The van der Waals surface area contributed by atoms with Crippen LogP contribution in [0.4, 0.5) is 0 Å². The molecule has 0 unspecified atom stereocenters. The van der Waals surface area contributed by atoms with Crippen LogP contribution in [0.5, 0.6) is 0 Å². The summed E-state index contributed by atoms with van der Waals surface area (Å²) in [4.78, 5) is 8.34. The van der Waals surface area contributed by atoms with Gasteiger partial charge in [0.2, 0.25) is 5.71 Å². The van der Waals surface area contributed by atoms with Crippen LogP contribution in [0.3, 0.4) is 0 Å². The fraction of sp³-hybridized carbons (Fsp3) is 0.100. The molecule has 0 saturated carbocycles. The molecule has 5 nitrogen and oxygen atoms in total. The Bertz CT molecular complexity index is 626. The van der Waals surface area contributed by atoms with E-state index < -0.39 is 0 Å². The van der Waals surface area contributed by atoms with E-state index >= 15 is 0 Å². The van der Waals surface area contributed by atoms with E-state index in [1.165, 1.54) is 0 Å². The lowest BCUT2D eigenvalue weighted by molar-refractivity contribution is 0.396. The van der Waals surface area contributed by atoms with Crippen LogP contribution >= 0.6 is 15.9 Å². The summed E-state index contributed by atoms with van der Waals surface area (Å²) in [7, 11) is 0. The molecule has 0 fully saturated rings. The van der Waals surface area contributed by atoms with E-state index in [0.717, 1.165) is 4.47 Å². The van der Waals surface area contributed by atoms with Crippen molar-refractivity contribution >= 4 is 27.2 Å². The molecule has 3 rings (SSSR count). The molecule has 0 amide bonds. The van der Waals surface area contributed by atoms with Gasteiger partial charge in [-0.25, -0.2) is 9.97 Å². The van der Waals surface area contributed by atoms with Crippen molar-refractivity contribution in [3.8, 4) is 11.6 Å². The number of halogens is 1. The van der Waals surface area contributed by atoms with Crippen LogP contribution in [0, 0.1) is 6.92 Å². The van der Waals surface area contributed by atoms with Crippen molar-refractivity contribution in [1.29, 1.82) is 0 Å². The molecule has 0 aliphatic carbocycles. The third-order valence-corrected chi connectivity index (χ3v) is 3.09. The fourth-order valence-corrected chi connectivity index (χ4v) is 1.68. The van der Waals surface area contributed by atoms with Crippen molar-refractivity contribution in [3.63, 3.8) is 0 Å². The Kier molecular flexibility index (Phi) is 2.03. The molecule has 0 atom stereocenters. The summed E-state index contributed by atoms with van der Waals surface area (Å²) in [5.74, 6) is 1.09. The summed E-state index contributed by atoms with van der Waals surface area (Å²) in [5, 5.41) is 3.87. The molecule has 16 heavy (non-hydrogen) atoms. The van der Waals surface area contributed by atoms with Gasteiger partial charge in [0, 0.05) is 6.20 Å². The highest BCUT2D eigenvalue weighted by Crippen LogP contribution is 2.30. The molecule has 0 aliphatic rings. The number of pyridine rings is 1. The van der Waals surface area contributed by atoms with Gasteiger partial charge < -0.3 is 8.94 Å². The average Bonchev–Trinajstić information content (AvgIpc) is 2.84. The van der Waals surface area contributed by atoms with Gasteiger partial charge in [-0.15, -0.1) is 0 Å². The zero-order chi connectivity index (χ0) is 11.1. The fourth-order valence-electron chi connectivity index (χ4n) is 1.37. The normalized spacial score (nSPS) is 11.1. The molecular weight excluding hydrogens is 274 g/mol. The molecule has 0 spiro atoms. The van der Waals surface area contributed by atoms with E-state index in [1.807, 2.05) is 13.0 Å². The molecule has 3 aromatic rings. The van der Waals surface area contributed by atoms with E-state index in [2.05, 4.69) is 31.1 Å². The van der Waals surface area contributed by atoms with Gasteiger partial charge in [-0.2, -0.15) is 0 Å². The van der Waals surface area contributed by atoms with Crippen molar-refractivity contribution in [2.24, 2.45) is 0 Å². The van der Waals surface area contributed by atoms with Crippen LogP contribution in [0.25, 0.3) is 22.8 Å². The standard InChI is InChI=1S/C10H6BrN3O2/c1-5-7(11)8(14-16-5)10-13-6-3-2-4-12-9(6)15-10/h2-4H,1H3. The van der Waals surface area contributed by atoms with Gasteiger partial charge in [0.1, 0.15) is 11.3 Å². The first-order chi connectivity index (χ1) is 7.75. The van der Waals surface area contributed by atoms with Crippen LogP contribution in [-0.4, -0.2) is 15.1 Å². The van der Waals surface area contributed by atoms with Gasteiger partial charge in [0.05, 0.1) is 4.47 Å². The van der Waals surface area contributed by atoms with Gasteiger partial charge in [-0.3, -0.25) is 0 Å². The maximum atomic E-state index is 5.47. The minimum atomic E-state index is 0.400. The molecule has 6 heteroatoms. The second-order valence-electron chi connectivity index (χ2n) is 3.25. The first-order valence-corrected chi connectivity index (χ1v) is 5.38. The molecule has 0 aliphatic heterocycles. The quantitative estimate of drug-likeness (QED) is 0.685. The first kappa shape index (κ1) is 9.53. The van der Waals surface area contributed by atoms with Crippen molar-refractivity contribution in [2.45, 2.75) is 6.92 Å². The number of aromatic nitrogens is 3. The number of aryl methyl sites for hydroxylation is 1. The minimum Gasteiger partial charge on any atom is -0.416 e. The topological polar surface area (TPSA) is 65.0 Å². The van der Waals surface area contributed by atoms with Gasteiger partial charge in [0.25, 0.3) is 5.89 Å². The van der Waals surface area contributed by atoms with E-state index in [0.29, 0.717) is 28.6 Å². The van der Waals surface area contributed by atoms with E-state index in [1.54, 1.807) is 12.3 Å². The van der Waals surface area contributed by atoms with Gasteiger partial charge in [-0.1, -0.05) is 5.16 Å². The molecular formula is C10H6BrN3O2. The number of nitrogens with zero attached hydrogens (tertiary/aromatic N) is 3. The van der Waals surface area contributed by atoms with Crippen molar-refractivity contribution in [3.05, 3.63) is 28.6 Å². The summed E-state index contributed by atoms with van der Waals surface area (Å²) in [6.45, 7) is 1.81. The number of rotatable bonds is 1. The van der Waals surface area contributed by atoms with Crippen LogP contribution in [0.15, 0.2) is 31.7 Å². The molecule has 0 aromatic carbocycles. The average molecular weight is 280 g/mol. The second kappa shape index (κ2) is 3.41. The van der Waals surface area contributed by atoms with Gasteiger partial charge in [0.15, 0.2) is 5.69 Å². The summed E-state index contributed by atoms with van der Waals surface area (Å²) in [6.07, 6.45) is 1.65. The third-order valence-electron chi connectivity index (χ3n) is 2.16. The van der Waals surface area contributed by atoms with Crippen LogP contribution in [0.1, 0.15) is 5.76 Å². The Morgan fingerprint density at radius 3 is 2.94 bits per heavy atom.